The standard InChI is InChI=1S/C33H70P/c1-5-9-13-17-20-23-27-31-34(30-26-16-12-8-4,32-28-24-21-18-14-10-6-2)33-29-25-22-19-15-11-7-3/h5-33H2,1-4H3/q+1. The van der Waals surface area contributed by atoms with Crippen molar-refractivity contribution in [2.45, 2.75) is 188 Å². The molecule has 0 amide bonds. The molecule has 0 aromatic heterocycles. The minimum Gasteiger partial charge on any atom is -0.0654 e. The third-order valence-electron chi connectivity index (χ3n) is 8.19. The molecule has 0 N–H and O–H groups in total. The first kappa shape index (κ1) is 34.4. The monoisotopic (exact) mass is 498 g/mol. The quantitative estimate of drug-likeness (QED) is 0.0711. The molecule has 0 rings (SSSR count). The van der Waals surface area contributed by atoms with E-state index in [-0.39, 0.29) is 0 Å². The van der Waals surface area contributed by atoms with Gasteiger partial charge >= 0.3 is 0 Å². The fourth-order valence-electron chi connectivity index (χ4n) is 5.76. The molecule has 0 bridgehead atoms. The van der Waals surface area contributed by atoms with E-state index in [1.807, 2.05) is 0 Å². The number of unbranched alkanes of at least 4 members (excludes halogenated alkanes) is 21. The minimum atomic E-state index is -0.720. The van der Waals surface area contributed by atoms with Crippen LogP contribution in [0.3, 0.4) is 0 Å². The molecular formula is C33H70P+. The zero-order valence-corrected chi connectivity index (χ0v) is 25.8. The van der Waals surface area contributed by atoms with Gasteiger partial charge in [0.25, 0.3) is 0 Å². The largest absolute Gasteiger partial charge is 0.0654 e. The Morgan fingerprint density at radius 1 is 0.235 bits per heavy atom. The van der Waals surface area contributed by atoms with Gasteiger partial charge in [-0.3, -0.25) is 0 Å². The van der Waals surface area contributed by atoms with Crippen molar-refractivity contribution in [3.05, 3.63) is 0 Å². The van der Waals surface area contributed by atoms with Crippen LogP contribution in [-0.4, -0.2) is 24.6 Å². The van der Waals surface area contributed by atoms with Gasteiger partial charge in [-0.2, -0.15) is 0 Å². The Labute approximate surface area is 220 Å². The lowest BCUT2D eigenvalue weighted by Gasteiger charge is -2.28. The molecule has 0 nitrogen and oxygen atoms in total. The van der Waals surface area contributed by atoms with E-state index in [0.29, 0.717) is 0 Å². The molecule has 206 valence electrons. The van der Waals surface area contributed by atoms with Crippen molar-refractivity contribution in [2.75, 3.05) is 24.6 Å². The summed E-state index contributed by atoms with van der Waals surface area (Å²) in [5, 5.41) is 0. The molecule has 0 aromatic carbocycles. The average molecular weight is 498 g/mol. The van der Waals surface area contributed by atoms with Gasteiger partial charge in [0.2, 0.25) is 0 Å². The van der Waals surface area contributed by atoms with Crippen LogP contribution in [-0.2, 0) is 0 Å². The third-order valence-corrected chi connectivity index (χ3v) is 13.3. The van der Waals surface area contributed by atoms with E-state index < -0.39 is 7.26 Å². The van der Waals surface area contributed by atoms with Crippen molar-refractivity contribution in [1.29, 1.82) is 0 Å². The molecule has 0 aliphatic heterocycles. The molecule has 0 aromatic rings. The molecule has 1 heteroatoms. The normalized spacial score (nSPS) is 12.0. The first-order valence-electron chi connectivity index (χ1n) is 16.6. The van der Waals surface area contributed by atoms with Gasteiger partial charge in [-0.25, -0.2) is 0 Å². The molecular weight excluding hydrogens is 427 g/mol. The summed E-state index contributed by atoms with van der Waals surface area (Å²) in [5.41, 5.74) is 0. The van der Waals surface area contributed by atoms with Crippen molar-refractivity contribution >= 4 is 7.26 Å². The van der Waals surface area contributed by atoms with Crippen molar-refractivity contribution in [2.24, 2.45) is 0 Å². The van der Waals surface area contributed by atoms with Crippen LogP contribution in [0.5, 0.6) is 0 Å². The second kappa shape index (κ2) is 28.0. The fraction of sp³-hybridized carbons (Fsp3) is 1.00. The maximum atomic E-state index is 2.37. The summed E-state index contributed by atoms with van der Waals surface area (Å²) in [4.78, 5) is 0. The number of rotatable bonds is 29. The van der Waals surface area contributed by atoms with Crippen LogP contribution < -0.4 is 0 Å². The summed E-state index contributed by atoms with van der Waals surface area (Å²) < 4.78 is 0. The molecule has 0 saturated carbocycles. The first-order chi connectivity index (χ1) is 16.7. The lowest BCUT2D eigenvalue weighted by Crippen LogP contribution is -2.13. The lowest BCUT2D eigenvalue weighted by molar-refractivity contribution is 0.594. The highest BCUT2D eigenvalue weighted by Crippen LogP contribution is 2.61. The van der Waals surface area contributed by atoms with Crippen molar-refractivity contribution in [3.8, 4) is 0 Å². The summed E-state index contributed by atoms with van der Waals surface area (Å²) in [7, 11) is -0.720. The maximum Gasteiger partial charge on any atom is 0.0594 e. The lowest BCUT2D eigenvalue weighted by atomic mass is 10.1. The van der Waals surface area contributed by atoms with Crippen molar-refractivity contribution in [1.82, 2.24) is 0 Å². The van der Waals surface area contributed by atoms with Gasteiger partial charge in [0.15, 0.2) is 0 Å². The van der Waals surface area contributed by atoms with Crippen LogP contribution in [0, 0.1) is 0 Å². The molecule has 0 aliphatic rings. The Kier molecular flexibility index (Phi) is 28.4. The molecule has 0 heterocycles. The van der Waals surface area contributed by atoms with E-state index in [0.717, 1.165) is 0 Å². The van der Waals surface area contributed by atoms with Gasteiger partial charge in [0, 0.05) is 7.26 Å². The van der Waals surface area contributed by atoms with Crippen LogP contribution in [0.4, 0.5) is 0 Å². The van der Waals surface area contributed by atoms with Crippen LogP contribution in [0.1, 0.15) is 188 Å². The average Bonchev–Trinajstić information content (AvgIpc) is 2.85. The Hall–Kier alpha value is 0.430. The van der Waals surface area contributed by atoms with Crippen molar-refractivity contribution < 1.29 is 0 Å². The van der Waals surface area contributed by atoms with Gasteiger partial charge in [-0.15, -0.1) is 0 Å². The van der Waals surface area contributed by atoms with E-state index in [9.17, 15) is 0 Å². The predicted octanol–water partition coefficient (Wildman–Crippen LogP) is 12.8. The highest BCUT2D eigenvalue weighted by molar-refractivity contribution is 7.75. The van der Waals surface area contributed by atoms with Gasteiger partial charge in [-0.05, 0) is 51.4 Å². The summed E-state index contributed by atoms with van der Waals surface area (Å²) in [6, 6.07) is 0. The topological polar surface area (TPSA) is 0 Å². The second-order valence-electron chi connectivity index (χ2n) is 11.7. The highest BCUT2D eigenvalue weighted by Gasteiger charge is 2.34. The summed E-state index contributed by atoms with van der Waals surface area (Å²) >= 11 is 0. The van der Waals surface area contributed by atoms with Crippen LogP contribution in [0.25, 0.3) is 0 Å². The molecule has 34 heavy (non-hydrogen) atoms. The summed E-state index contributed by atoms with van der Waals surface area (Å²) in [6.07, 6.45) is 43.6. The van der Waals surface area contributed by atoms with Crippen LogP contribution in [0.15, 0.2) is 0 Å². The van der Waals surface area contributed by atoms with Gasteiger partial charge in [-0.1, -0.05) is 137 Å². The molecule has 0 aliphatic carbocycles. The first-order valence-corrected chi connectivity index (χ1v) is 19.1. The van der Waals surface area contributed by atoms with Gasteiger partial charge < -0.3 is 0 Å². The molecule has 0 radical (unpaired) electrons. The minimum absolute atomic E-state index is 0.720. The van der Waals surface area contributed by atoms with E-state index in [2.05, 4.69) is 27.7 Å². The number of hydrogen-bond donors (Lipinski definition) is 0. The second-order valence-corrected chi connectivity index (χ2v) is 16.1. The zero-order valence-electron chi connectivity index (χ0n) is 25.0. The van der Waals surface area contributed by atoms with Crippen LogP contribution >= 0.6 is 7.26 Å². The smallest absolute Gasteiger partial charge is 0.0594 e. The highest BCUT2D eigenvalue weighted by atomic mass is 31.2. The molecule has 0 unspecified atom stereocenters. The third kappa shape index (κ3) is 22.9. The van der Waals surface area contributed by atoms with E-state index in [1.165, 1.54) is 135 Å². The Morgan fingerprint density at radius 2 is 0.412 bits per heavy atom. The summed E-state index contributed by atoms with van der Waals surface area (Å²) in [5.74, 6) is 0. The maximum absolute atomic E-state index is 2.37. The predicted molar refractivity (Wildman–Crippen MR) is 165 cm³/mol. The fourth-order valence-corrected chi connectivity index (χ4v) is 10.7. The van der Waals surface area contributed by atoms with E-state index in [1.54, 1.807) is 50.3 Å². The molecule has 0 atom stereocenters. The Balaban J connectivity index is 4.68. The number of hydrogen-bond acceptors (Lipinski definition) is 0. The van der Waals surface area contributed by atoms with Crippen LogP contribution in [0.2, 0.25) is 0 Å². The Morgan fingerprint density at radius 3 is 0.647 bits per heavy atom. The van der Waals surface area contributed by atoms with E-state index >= 15 is 0 Å². The molecule has 0 spiro atoms. The van der Waals surface area contributed by atoms with Crippen molar-refractivity contribution in [3.63, 3.8) is 0 Å². The van der Waals surface area contributed by atoms with Gasteiger partial charge in [0.1, 0.15) is 0 Å². The Bertz CT molecular complexity index is 318. The SMILES string of the molecule is CCCCCCCCC[P+](CCCCCC)(CCCCCCCCC)CCCCCCCCC. The molecule has 0 fully saturated rings. The molecule has 0 saturated heterocycles. The van der Waals surface area contributed by atoms with Gasteiger partial charge in [0.05, 0.1) is 24.6 Å². The summed E-state index contributed by atoms with van der Waals surface area (Å²) in [6.45, 7) is 9.39. The zero-order chi connectivity index (χ0) is 25.0. The van der Waals surface area contributed by atoms with E-state index in [4.69, 9.17) is 0 Å².